The van der Waals surface area contributed by atoms with Crippen LogP contribution in [0.5, 0.6) is 0 Å². The lowest BCUT2D eigenvalue weighted by molar-refractivity contribution is -0.140. The second-order valence-corrected chi connectivity index (χ2v) is 5.67. The van der Waals surface area contributed by atoms with Gasteiger partial charge in [-0.1, -0.05) is 19.1 Å². The Labute approximate surface area is 114 Å². The predicted octanol–water partition coefficient (Wildman–Crippen LogP) is 3.46. The number of rotatable bonds is 5. The molecular formula is C15H22FNO2. The molecule has 106 valence electrons. The van der Waals surface area contributed by atoms with Gasteiger partial charge in [-0.05, 0) is 44.9 Å². The second kappa shape index (κ2) is 6.15. The third kappa shape index (κ3) is 4.31. The van der Waals surface area contributed by atoms with Crippen molar-refractivity contribution in [2.75, 3.05) is 6.54 Å². The van der Waals surface area contributed by atoms with E-state index in [1.807, 2.05) is 38.7 Å². The van der Waals surface area contributed by atoms with E-state index in [4.69, 9.17) is 5.11 Å². The van der Waals surface area contributed by atoms with E-state index in [9.17, 15) is 9.18 Å². The van der Waals surface area contributed by atoms with Crippen LogP contribution in [0.15, 0.2) is 24.3 Å². The molecule has 0 aliphatic heterocycles. The highest BCUT2D eigenvalue weighted by atomic mass is 19.1. The lowest BCUT2D eigenvalue weighted by Crippen LogP contribution is -2.46. The Hall–Kier alpha value is -1.42. The first kappa shape index (κ1) is 15.6. The monoisotopic (exact) mass is 267 g/mol. The predicted molar refractivity (Wildman–Crippen MR) is 73.5 cm³/mol. The molecule has 0 radical (unpaired) electrons. The van der Waals surface area contributed by atoms with Gasteiger partial charge < -0.3 is 5.11 Å². The number of benzene rings is 1. The number of aliphatic carboxylic acids is 1. The van der Waals surface area contributed by atoms with Crippen LogP contribution in [0.2, 0.25) is 0 Å². The molecule has 1 unspecified atom stereocenters. The summed E-state index contributed by atoms with van der Waals surface area (Å²) in [7, 11) is 0. The van der Waals surface area contributed by atoms with Crippen molar-refractivity contribution in [2.45, 2.75) is 45.7 Å². The lowest BCUT2D eigenvalue weighted by atomic mass is 9.96. The number of nitrogens with zero attached hydrogens (tertiary/aromatic N) is 1. The third-order valence-electron chi connectivity index (χ3n) is 3.16. The Bertz CT molecular complexity index is 440. The number of carbonyl (C=O) groups is 1. The molecule has 0 fully saturated rings. The van der Waals surface area contributed by atoms with E-state index in [1.165, 1.54) is 12.1 Å². The summed E-state index contributed by atoms with van der Waals surface area (Å²) in [5.41, 5.74) is 0.518. The van der Waals surface area contributed by atoms with E-state index in [1.54, 1.807) is 6.07 Å². The molecule has 0 aliphatic rings. The van der Waals surface area contributed by atoms with E-state index >= 15 is 0 Å². The number of hydrogen-bond donors (Lipinski definition) is 1. The zero-order chi connectivity index (χ0) is 14.6. The fraction of sp³-hybridized carbons (Fsp3) is 0.533. The van der Waals surface area contributed by atoms with E-state index in [-0.39, 0.29) is 23.9 Å². The van der Waals surface area contributed by atoms with Gasteiger partial charge in [-0.15, -0.1) is 0 Å². The molecule has 0 heterocycles. The van der Waals surface area contributed by atoms with Gasteiger partial charge in [0.1, 0.15) is 5.82 Å². The van der Waals surface area contributed by atoms with Crippen LogP contribution in [0, 0.1) is 5.82 Å². The van der Waals surface area contributed by atoms with Gasteiger partial charge >= 0.3 is 5.97 Å². The molecule has 1 aromatic rings. The van der Waals surface area contributed by atoms with Gasteiger partial charge in [-0.3, -0.25) is 9.69 Å². The molecule has 1 atom stereocenters. The largest absolute Gasteiger partial charge is 0.480 e. The molecule has 0 saturated heterocycles. The number of carboxylic acid groups (broad SMARTS) is 1. The molecular weight excluding hydrogens is 245 g/mol. The van der Waals surface area contributed by atoms with Crippen molar-refractivity contribution in [3.63, 3.8) is 0 Å². The van der Waals surface area contributed by atoms with Gasteiger partial charge in [0.05, 0.1) is 6.54 Å². The average molecular weight is 267 g/mol. The summed E-state index contributed by atoms with van der Waals surface area (Å²) in [4.78, 5) is 13.0. The highest BCUT2D eigenvalue weighted by Gasteiger charge is 2.30. The summed E-state index contributed by atoms with van der Waals surface area (Å²) in [6.07, 6.45) is 0.730. The van der Waals surface area contributed by atoms with Crippen LogP contribution in [0.1, 0.15) is 45.7 Å². The maximum atomic E-state index is 13.4. The second-order valence-electron chi connectivity index (χ2n) is 5.67. The topological polar surface area (TPSA) is 40.5 Å². The minimum atomic E-state index is -0.871. The highest BCUT2D eigenvalue weighted by molar-refractivity contribution is 5.69. The molecule has 0 spiro atoms. The van der Waals surface area contributed by atoms with Gasteiger partial charge in [0, 0.05) is 11.6 Å². The Balaban J connectivity index is 3.12. The molecule has 19 heavy (non-hydrogen) atoms. The first-order valence-electron chi connectivity index (χ1n) is 6.49. The Kier molecular flexibility index (Phi) is 5.06. The van der Waals surface area contributed by atoms with E-state index < -0.39 is 5.97 Å². The molecule has 3 nitrogen and oxygen atoms in total. The van der Waals surface area contributed by atoms with Crippen LogP contribution < -0.4 is 0 Å². The molecule has 1 rings (SSSR count). The maximum absolute atomic E-state index is 13.4. The fourth-order valence-corrected chi connectivity index (χ4v) is 2.31. The maximum Gasteiger partial charge on any atom is 0.317 e. The third-order valence-corrected chi connectivity index (χ3v) is 3.16. The minimum absolute atomic E-state index is 0.0570. The van der Waals surface area contributed by atoms with Crippen LogP contribution >= 0.6 is 0 Å². The van der Waals surface area contributed by atoms with Gasteiger partial charge in [0.25, 0.3) is 0 Å². The Morgan fingerprint density at radius 1 is 1.42 bits per heavy atom. The smallest absolute Gasteiger partial charge is 0.317 e. The summed E-state index contributed by atoms with van der Waals surface area (Å²) >= 11 is 0. The number of hydrogen-bond acceptors (Lipinski definition) is 2. The Morgan fingerprint density at radius 3 is 2.47 bits per heavy atom. The van der Waals surface area contributed by atoms with E-state index in [0.29, 0.717) is 0 Å². The number of halogens is 1. The van der Waals surface area contributed by atoms with Crippen molar-refractivity contribution in [2.24, 2.45) is 0 Å². The zero-order valence-corrected chi connectivity index (χ0v) is 12.0. The molecule has 0 aliphatic carbocycles. The lowest BCUT2D eigenvalue weighted by Gasteiger charge is -2.40. The first-order valence-corrected chi connectivity index (χ1v) is 6.49. The Morgan fingerprint density at radius 2 is 2.05 bits per heavy atom. The van der Waals surface area contributed by atoms with Crippen LogP contribution in [-0.2, 0) is 4.79 Å². The highest BCUT2D eigenvalue weighted by Crippen LogP contribution is 2.30. The van der Waals surface area contributed by atoms with E-state index in [2.05, 4.69) is 0 Å². The summed E-state index contributed by atoms with van der Waals surface area (Å²) in [5, 5.41) is 9.08. The molecule has 0 aromatic heterocycles. The summed E-state index contributed by atoms with van der Waals surface area (Å²) in [6.45, 7) is 7.84. The molecule has 0 saturated carbocycles. The van der Waals surface area contributed by atoms with Crippen molar-refractivity contribution >= 4 is 5.97 Å². The van der Waals surface area contributed by atoms with Crippen molar-refractivity contribution < 1.29 is 14.3 Å². The first-order chi connectivity index (χ1) is 8.75. The SMILES string of the molecule is CCC(c1cccc(F)c1)N(CC(=O)O)C(C)(C)C. The van der Waals surface area contributed by atoms with Gasteiger partial charge in [-0.2, -0.15) is 0 Å². The quantitative estimate of drug-likeness (QED) is 0.888. The van der Waals surface area contributed by atoms with Gasteiger partial charge in [-0.25, -0.2) is 4.39 Å². The minimum Gasteiger partial charge on any atom is -0.480 e. The summed E-state index contributed by atoms with van der Waals surface area (Å²) < 4.78 is 13.4. The van der Waals surface area contributed by atoms with Crippen molar-refractivity contribution in [3.8, 4) is 0 Å². The molecule has 4 heteroatoms. The van der Waals surface area contributed by atoms with E-state index in [0.717, 1.165) is 12.0 Å². The number of carboxylic acids is 1. The van der Waals surface area contributed by atoms with Crippen LogP contribution in [0.4, 0.5) is 4.39 Å². The van der Waals surface area contributed by atoms with Crippen LogP contribution in [0.3, 0.4) is 0 Å². The fourth-order valence-electron chi connectivity index (χ4n) is 2.31. The van der Waals surface area contributed by atoms with Crippen LogP contribution in [0.25, 0.3) is 0 Å². The molecule has 1 N–H and O–H groups in total. The molecule has 1 aromatic carbocycles. The van der Waals surface area contributed by atoms with Crippen LogP contribution in [-0.4, -0.2) is 28.1 Å². The summed E-state index contributed by atoms with van der Waals surface area (Å²) in [6, 6.07) is 6.28. The van der Waals surface area contributed by atoms with Crippen molar-refractivity contribution in [1.82, 2.24) is 4.90 Å². The van der Waals surface area contributed by atoms with Gasteiger partial charge in [0.15, 0.2) is 0 Å². The molecule has 0 amide bonds. The van der Waals surface area contributed by atoms with Crippen molar-refractivity contribution in [3.05, 3.63) is 35.6 Å². The summed E-state index contributed by atoms with van der Waals surface area (Å²) in [5.74, 6) is -1.16. The molecule has 0 bridgehead atoms. The normalized spacial score (nSPS) is 13.6. The van der Waals surface area contributed by atoms with Gasteiger partial charge in [0.2, 0.25) is 0 Å². The zero-order valence-electron chi connectivity index (χ0n) is 12.0. The average Bonchev–Trinajstić information content (AvgIpc) is 2.27. The standard InChI is InChI=1S/C15H22FNO2/c1-5-13(11-7-6-8-12(16)9-11)17(10-14(18)19)15(2,3)4/h6-9,13H,5,10H2,1-4H3,(H,18,19). The van der Waals surface area contributed by atoms with Crippen molar-refractivity contribution in [1.29, 1.82) is 0 Å².